The number of nitrogens with one attached hydrogen (secondary N) is 1. The molecule has 0 unspecified atom stereocenters. The van der Waals surface area contributed by atoms with Crippen LogP contribution in [0.2, 0.25) is 0 Å². The zero-order valence-corrected chi connectivity index (χ0v) is 11.5. The summed E-state index contributed by atoms with van der Waals surface area (Å²) in [5, 5.41) is 2.69. The summed E-state index contributed by atoms with van der Waals surface area (Å²) in [6.45, 7) is 2.07. The van der Waals surface area contributed by atoms with Gasteiger partial charge in [-0.2, -0.15) is 4.31 Å². The van der Waals surface area contributed by atoms with Crippen LogP contribution in [0.25, 0.3) is 0 Å². The average molecular weight is 283 g/mol. The molecule has 0 aromatic heterocycles. The molecule has 19 heavy (non-hydrogen) atoms. The third kappa shape index (κ3) is 3.05. The van der Waals surface area contributed by atoms with Gasteiger partial charge in [0.2, 0.25) is 15.9 Å². The first-order valence-corrected chi connectivity index (χ1v) is 7.64. The van der Waals surface area contributed by atoms with E-state index >= 15 is 0 Å². The Morgan fingerprint density at radius 3 is 2.84 bits per heavy atom. The third-order valence-corrected chi connectivity index (χ3v) is 5.08. The molecule has 1 aliphatic heterocycles. The minimum absolute atomic E-state index is 0.123. The van der Waals surface area contributed by atoms with Crippen molar-refractivity contribution in [3.8, 4) is 0 Å². The lowest BCUT2D eigenvalue weighted by atomic mass is 10.1. The van der Waals surface area contributed by atoms with Crippen molar-refractivity contribution >= 4 is 27.3 Å². The maximum atomic E-state index is 11.9. The third-order valence-electron chi connectivity index (χ3n) is 3.17. The molecule has 0 spiro atoms. The van der Waals surface area contributed by atoms with Crippen LogP contribution in [-0.2, 0) is 14.8 Å². The number of hydrogen-bond acceptors (Lipinski definition) is 4. The van der Waals surface area contributed by atoms with Crippen molar-refractivity contribution < 1.29 is 13.2 Å². The lowest BCUT2D eigenvalue weighted by Gasteiger charge is -2.15. The molecule has 1 saturated heterocycles. The summed E-state index contributed by atoms with van der Waals surface area (Å²) in [5.41, 5.74) is 7.73. The summed E-state index contributed by atoms with van der Waals surface area (Å²) in [6.07, 6.45) is 0.576. The second-order valence-corrected chi connectivity index (χ2v) is 6.66. The van der Waals surface area contributed by atoms with E-state index in [0.29, 0.717) is 24.3 Å². The smallest absolute Gasteiger partial charge is 0.239 e. The molecule has 1 aliphatic rings. The quantitative estimate of drug-likeness (QED) is 0.792. The minimum atomic E-state index is -3.24. The van der Waals surface area contributed by atoms with Gasteiger partial charge >= 0.3 is 0 Å². The molecule has 6 nitrogen and oxygen atoms in total. The number of amides is 1. The predicted octanol–water partition coefficient (Wildman–Crippen LogP) is 0.551. The first-order chi connectivity index (χ1) is 8.90. The summed E-state index contributed by atoms with van der Waals surface area (Å²) >= 11 is 0. The molecular formula is C12H17N3O3S. The molecular weight excluding hydrogens is 266 g/mol. The van der Waals surface area contributed by atoms with Crippen molar-refractivity contribution in [2.24, 2.45) is 0 Å². The van der Waals surface area contributed by atoms with Crippen LogP contribution in [0.3, 0.4) is 0 Å². The molecule has 0 saturated carbocycles. The first-order valence-electron chi connectivity index (χ1n) is 6.03. The van der Waals surface area contributed by atoms with Crippen LogP contribution < -0.4 is 11.1 Å². The number of benzene rings is 1. The molecule has 0 aliphatic carbocycles. The van der Waals surface area contributed by atoms with E-state index in [0.717, 1.165) is 5.56 Å². The molecule has 1 fully saturated rings. The highest BCUT2D eigenvalue weighted by Crippen LogP contribution is 2.20. The van der Waals surface area contributed by atoms with E-state index < -0.39 is 10.0 Å². The van der Waals surface area contributed by atoms with E-state index in [2.05, 4.69) is 5.32 Å². The molecule has 1 amide bonds. The van der Waals surface area contributed by atoms with Gasteiger partial charge in [0.1, 0.15) is 0 Å². The fourth-order valence-corrected chi connectivity index (χ4v) is 3.48. The van der Waals surface area contributed by atoms with Crippen molar-refractivity contribution in [1.29, 1.82) is 0 Å². The van der Waals surface area contributed by atoms with Crippen molar-refractivity contribution in [3.05, 3.63) is 23.8 Å². The van der Waals surface area contributed by atoms with E-state index in [4.69, 9.17) is 5.73 Å². The SMILES string of the molecule is Cc1c(N)cccc1NC(=O)CN1CCCS1(=O)=O. The largest absolute Gasteiger partial charge is 0.398 e. The normalized spacial score (nSPS) is 18.4. The van der Waals surface area contributed by atoms with Crippen LogP contribution >= 0.6 is 0 Å². The number of hydrogen-bond donors (Lipinski definition) is 2. The van der Waals surface area contributed by atoms with Crippen LogP contribution in [-0.4, -0.2) is 37.5 Å². The van der Waals surface area contributed by atoms with Crippen LogP contribution in [0.5, 0.6) is 0 Å². The van der Waals surface area contributed by atoms with E-state index in [9.17, 15) is 13.2 Å². The van der Waals surface area contributed by atoms with Gasteiger partial charge in [0.15, 0.2) is 0 Å². The van der Waals surface area contributed by atoms with Crippen LogP contribution in [0, 0.1) is 6.92 Å². The summed E-state index contributed by atoms with van der Waals surface area (Å²) < 4.78 is 24.4. The van der Waals surface area contributed by atoms with Gasteiger partial charge in [-0.05, 0) is 31.0 Å². The van der Waals surface area contributed by atoms with Gasteiger partial charge < -0.3 is 11.1 Å². The number of rotatable bonds is 3. The van der Waals surface area contributed by atoms with Gasteiger partial charge in [-0.3, -0.25) is 4.79 Å². The lowest BCUT2D eigenvalue weighted by molar-refractivity contribution is -0.116. The van der Waals surface area contributed by atoms with Crippen LogP contribution in [0.15, 0.2) is 18.2 Å². The molecule has 2 rings (SSSR count). The van der Waals surface area contributed by atoms with Crippen LogP contribution in [0.1, 0.15) is 12.0 Å². The van der Waals surface area contributed by atoms with Gasteiger partial charge in [-0.15, -0.1) is 0 Å². The minimum Gasteiger partial charge on any atom is -0.398 e. The van der Waals surface area contributed by atoms with Crippen molar-refractivity contribution in [2.45, 2.75) is 13.3 Å². The number of anilines is 2. The number of carbonyl (C=O) groups excluding carboxylic acids is 1. The fraction of sp³-hybridized carbons (Fsp3) is 0.417. The zero-order valence-electron chi connectivity index (χ0n) is 10.7. The molecule has 1 heterocycles. The van der Waals surface area contributed by atoms with Gasteiger partial charge in [-0.1, -0.05) is 6.07 Å². The first kappa shape index (κ1) is 13.8. The average Bonchev–Trinajstić information content (AvgIpc) is 2.65. The molecule has 0 atom stereocenters. The molecule has 0 radical (unpaired) electrons. The van der Waals surface area contributed by atoms with Crippen LogP contribution in [0.4, 0.5) is 11.4 Å². The summed E-state index contributed by atoms with van der Waals surface area (Å²) in [6, 6.07) is 5.22. The monoisotopic (exact) mass is 283 g/mol. The number of nitrogens with zero attached hydrogens (tertiary/aromatic N) is 1. The fourth-order valence-electron chi connectivity index (χ4n) is 2.01. The van der Waals surface area contributed by atoms with Crippen molar-refractivity contribution in [3.63, 3.8) is 0 Å². The Labute approximate surface area is 112 Å². The van der Waals surface area contributed by atoms with E-state index in [1.807, 2.05) is 0 Å². The summed E-state index contributed by atoms with van der Waals surface area (Å²) in [5.74, 6) is -0.225. The second-order valence-electron chi connectivity index (χ2n) is 4.57. The maximum absolute atomic E-state index is 11.9. The maximum Gasteiger partial charge on any atom is 0.239 e. The molecule has 3 N–H and O–H groups in total. The Kier molecular flexibility index (Phi) is 3.77. The van der Waals surface area contributed by atoms with E-state index in [-0.39, 0.29) is 18.2 Å². The van der Waals surface area contributed by atoms with E-state index in [1.54, 1.807) is 25.1 Å². The zero-order chi connectivity index (χ0) is 14.0. The Hall–Kier alpha value is -1.60. The summed E-state index contributed by atoms with van der Waals surface area (Å²) in [7, 11) is -3.24. The highest BCUT2D eigenvalue weighted by molar-refractivity contribution is 7.89. The molecule has 7 heteroatoms. The van der Waals surface area contributed by atoms with Crippen molar-refractivity contribution in [1.82, 2.24) is 4.31 Å². The molecule has 104 valence electrons. The Morgan fingerprint density at radius 2 is 2.21 bits per heavy atom. The highest BCUT2D eigenvalue weighted by Gasteiger charge is 2.29. The number of nitrogen functional groups attached to an aromatic ring is 1. The lowest BCUT2D eigenvalue weighted by Crippen LogP contribution is -2.34. The topological polar surface area (TPSA) is 92.5 Å². The number of nitrogens with two attached hydrogens (primary N) is 1. The molecule has 1 aromatic rings. The van der Waals surface area contributed by atoms with Gasteiger partial charge in [0.05, 0.1) is 12.3 Å². The van der Waals surface area contributed by atoms with Crippen molar-refractivity contribution in [2.75, 3.05) is 29.9 Å². The highest BCUT2D eigenvalue weighted by atomic mass is 32.2. The summed E-state index contributed by atoms with van der Waals surface area (Å²) in [4.78, 5) is 11.9. The molecule has 1 aromatic carbocycles. The Morgan fingerprint density at radius 1 is 1.47 bits per heavy atom. The number of sulfonamides is 1. The van der Waals surface area contributed by atoms with Gasteiger partial charge in [0, 0.05) is 17.9 Å². The van der Waals surface area contributed by atoms with Gasteiger partial charge in [0.25, 0.3) is 0 Å². The van der Waals surface area contributed by atoms with E-state index in [1.165, 1.54) is 4.31 Å². The Bertz CT molecular complexity index is 598. The Balaban J connectivity index is 2.04. The second kappa shape index (κ2) is 5.18. The van der Waals surface area contributed by atoms with Gasteiger partial charge in [-0.25, -0.2) is 8.42 Å². The standard InChI is InChI=1S/C12H17N3O3S/c1-9-10(13)4-2-5-11(9)14-12(16)8-15-6-3-7-19(15,17)18/h2,4-5H,3,6-8,13H2,1H3,(H,14,16). The molecule has 0 bridgehead atoms. The number of carbonyl (C=O) groups is 1. The predicted molar refractivity (Wildman–Crippen MR) is 74.2 cm³/mol.